The van der Waals surface area contributed by atoms with E-state index in [0.717, 1.165) is 25.0 Å². The first kappa shape index (κ1) is 20.3. The number of sulfone groups is 1. The first-order valence-corrected chi connectivity index (χ1v) is 10.6. The zero-order chi connectivity index (χ0) is 20.5. The molecule has 1 saturated heterocycles. The molecule has 1 aliphatic rings. The smallest absolute Gasteiger partial charge is 0.289 e. The quantitative estimate of drug-likeness (QED) is 0.548. The first-order chi connectivity index (χ1) is 13.2. The van der Waals surface area contributed by atoms with Crippen LogP contribution in [0.15, 0.2) is 52.3 Å². The largest absolute Gasteiger partial charge is 0.339 e. The van der Waals surface area contributed by atoms with E-state index >= 15 is 0 Å². The second kappa shape index (κ2) is 7.89. The predicted octanol–water partition coefficient (Wildman–Crippen LogP) is 3.95. The highest BCUT2D eigenvalue weighted by molar-refractivity contribution is 7.91. The third-order valence-electron chi connectivity index (χ3n) is 4.87. The van der Waals surface area contributed by atoms with Gasteiger partial charge in [0.1, 0.15) is 4.90 Å². The Labute approximate surface area is 168 Å². The molecule has 0 saturated carbocycles. The summed E-state index contributed by atoms with van der Waals surface area (Å²) < 4.78 is 25.7. The third-order valence-corrected chi connectivity index (χ3v) is 6.90. The number of hydrogen-bond acceptors (Lipinski definition) is 5. The van der Waals surface area contributed by atoms with Crippen LogP contribution >= 0.6 is 11.6 Å². The number of benzene rings is 2. The van der Waals surface area contributed by atoms with Crippen molar-refractivity contribution in [3.63, 3.8) is 0 Å². The fourth-order valence-electron chi connectivity index (χ4n) is 3.18. The van der Waals surface area contributed by atoms with E-state index in [4.69, 9.17) is 11.6 Å². The van der Waals surface area contributed by atoms with Crippen molar-refractivity contribution in [2.45, 2.75) is 29.6 Å². The maximum absolute atomic E-state index is 12.9. The number of likely N-dealkylation sites (tertiary alicyclic amines) is 1. The molecular weight excluding hydrogens is 404 g/mol. The van der Waals surface area contributed by atoms with Gasteiger partial charge in [-0.1, -0.05) is 24.6 Å². The number of piperidine rings is 1. The van der Waals surface area contributed by atoms with Gasteiger partial charge in [-0.15, -0.1) is 0 Å². The summed E-state index contributed by atoms with van der Waals surface area (Å²) in [4.78, 5) is 24.5. The Balaban J connectivity index is 2.00. The van der Waals surface area contributed by atoms with E-state index in [2.05, 4.69) is 6.92 Å². The zero-order valence-corrected chi connectivity index (χ0v) is 16.7. The molecule has 9 heteroatoms. The fourth-order valence-corrected chi connectivity index (χ4v) is 4.88. The van der Waals surface area contributed by atoms with Gasteiger partial charge in [-0.25, -0.2) is 8.42 Å². The number of halogens is 1. The SMILES string of the molecule is CC1CCN(C(=O)c2ccc(S(=O)(=O)c3cccc(Cl)c3)c([N+](=O)[O-])c2)CC1. The Hall–Kier alpha value is -2.45. The van der Waals surface area contributed by atoms with Crippen molar-refractivity contribution in [2.24, 2.45) is 5.92 Å². The summed E-state index contributed by atoms with van der Waals surface area (Å²) in [6.07, 6.45) is 1.74. The molecule has 148 valence electrons. The van der Waals surface area contributed by atoms with E-state index in [1.807, 2.05) is 0 Å². The zero-order valence-electron chi connectivity index (χ0n) is 15.2. The Morgan fingerprint density at radius 1 is 1.18 bits per heavy atom. The number of nitro groups is 1. The highest BCUT2D eigenvalue weighted by Gasteiger charge is 2.30. The standard InChI is InChI=1S/C19H19ClN2O5S/c1-13-7-9-21(10-8-13)19(23)14-5-6-18(17(11-14)22(24)25)28(26,27)16-4-2-3-15(20)12-16/h2-6,11-13H,7-10H2,1H3. The van der Waals surface area contributed by atoms with Crippen LogP contribution in [0.5, 0.6) is 0 Å². The lowest BCUT2D eigenvalue weighted by atomic mass is 9.98. The van der Waals surface area contributed by atoms with Gasteiger partial charge in [0.15, 0.2) is 0 Å². The van der Waals surface area contributed by atoms with Crippen LogP contribution in [0.25, 0.3) is 0 Å². The van der Waals surface area contributed by atoms with E-state index in [0.29, 0.717) is 19.0 Å². The molecule has 1 fully saturated rings. The van der Waals surface area contributed by atoms with Gasteiger partial charge in [-0.2, -0.15) is 0 Å². The molecule has 1 amide bonds. The number of rotatable bonds is 4. The average molecular weight is 423 g/mol. The summed E-state index contributed by atoms with van der Waals surface area (Å²) in [6.45, 7) is 3.27. The molecule has 7 nitrogen and oxygen atoms in total. The van der Waals surface area contributed by atoms with Crippen molar-refractivity contribution in [3.8, 4) is 0 Å². The van der Waals surface area contributed by atoms with Crippen LogP contribution in [0, 0.1) is 16.0 Å². The van der Waals surface area contributed by atoms with Crippen LogP contribution in [-0.2, 0) is 9.84 Å². The van der Waals surface area contributed by atoms with Crippen molar-refractivity contribution in [1.82, 2.24) is 4.90 Å². The van der Waals surface area contributed by atoms with Crippen LogP contribution in [0.2, 0.25) is 5.02 Å². The van der Waals surface area contributed by atoms with Crippen molar-refractivity contribution >= 4 is 33.0 Å². The number of carbonyl (C=O) groups is 1. The normalized spacial score (nSPS) is 15.4. The van der Waals surface area contributed by atoms with Crippen LogP contribution < -0.4 is 0 Å². The van der Waals surface area contributed by atoms with E-state index in [9.17, 15) is 23.3 Å². The van der Waals surface area contributed by atoms with Crippen molar-refractivity contribution in [2.75, 3.05) is 13.1 Å². The summed E-state index contributed by atoms with van der Waals surface area (Å²) in [5.41, 5.74) is -0.525. The Morgan fingerprint density at radius 2 is 1.86 bits per heavy atom. The van der Waals surface area contributed by atoms with Crippen LogP contribution in [0.3, 0.4) is 0 Å². The lowest BCUT2D eigenvalue weighted by Crippen LogP contribution is -2.37. The maximum Gasteiger partial charge on any atom is 0.289 e. The summed E-state index contributed by atoms with van der Waals surface area (Å²) in [5, 5.41) is 11.8. The minimum absolute atomic E-state index is 0.103. The number of nitrogens with zero attached hydrogens (tertiary/aromatic N) is 2. The minimum atomic E-state index is -4.16. The summed E-state index contributed by atoms with van der Waals surface area (Å²) >= 11 is 5.86. The number of carbonyl (C=O) groups excluding carboxylic acids is 1. The predicted molar refractivity (Wildman–Crippen MR) is 104 cm³/mol. The maximum atomic E-state index is 12.9. The van der Waals surface area contributed by atoms with Crippen molar-refractivity contribution < 1.29 is 18.1 Å². The fraction of sp³-hybridized carbons (Fsp3) is 0.316. The second-order valence-electron chi connectivity index (χ2n) is 6.88. The van der Waals surface area contributed by atoms with Gasteiger partial charge in [0.25, 0.3) is 11.6 Å². The molecule has 0 aliphatic carbocycles. The second-order valence-corrected chi connectivity index (χ2v) is 9.23. The monoisotopic (exact) mass is 422 g/mol. The highest BCUT2D eigenvalue weighted by atomic mass is 35.5. The van der Waals surface area contributed by atoms with Crippen molar-refractivity contribution in [3.05, 3.63) is 63.2 Å². The molecule has 0 spiro atoms. The molecule has 1 aliphatic heterocycles. The van der Waals surface area contributed by atoms with E-state index < -0.39 is 25.3 Å². The van der Waals surface area contributed by atoms with Gasteiger partial charge < -0.3 is 4.90 Å². The molecule has 0 N–H and O–H groups in total. The number of hydrogen-bond donors (Lipinski definition) is 0. The molecule has 2 aromatic carbocycles. The molecule has 0 bridgehead atoms. The number of amides is 1. The van der Waals surface area contributed by atoms with Crippen LogP contribution in [0.4, 0.5) is 5.69 Å². The lowest BCUT2D eigenvalue weighted by molar-refractivity contribution is -0.387. The molecule has 28 heavy (non-hydrogen) atoms. The molecular formula is C19H19ClN2O5S. The van der Waals surface area contributed by atoms with Gasteiger partial charge >= 0.3 is 0 Å². The summed E-state index contributed by atoms with van der Waals surface area (Å²) in [7, 11) is -4.16. The van der Waals surface area contributed by atoms with Gasteiger partial charge in [0, 0.05) is 29.7 Å². The van der Waals surface area contributed by atoms with Gasteiger partial charge in [0.05, 0.1) is 9.82 Å². The molecule has 0 atom stereocenters. The van der Waals surface area contributed by atoms with Crippen LogP contribution in [-0.4, -0.2) is 37.2 Å². The molecule has 3 rings (SSSR count). The van der Waals surface area contributed by atoms with Crippen LogP contribution in [0.1, 0.15) is 30.1 Å². The van der Waals surface area contributed by atoms with E-state index in [1.54, 1.807) is 4.90 Å². The number of nitro benzene ring substituents is 1. The van der Waals surface area contributed by atoms with Gasteiger partial charge in [-0.05, 0) is 49.1 Å². The lowest BCUT2D eigenvalue weighted by Gasteiger charge is -2.30. The Bertz CT molecular complexity index is 1030. The minimum Gasteiger partial charge on any atom is -0.339 e. The first-order valence-electron chi connectivity index (χ1n) is 8.78. The Kier molecular flexibility index (Phi) is 5.71. The molecule has 1 heterocycles. The third kappa shape index (κ3) is 4.02. The molecule has 0 aromatic heterocycles. The molecule has 0 radical (unpaired) electrons. The van der Waals surface area contributed by atoms with Crippen molar-refractivity contribution in [1.29, 1.82) is 0 Å². The molecule has 2 aromatic rings. The van der Waals surface area contributed by atoms with Gasteiger partial charge in [0.2, 0.25) is 9.84 Å². The van der Waals surface area contributed by atoms with E-state index in [1.165, 1.54) is 30.3 Å². The molecule has 0 unspecified atom stereocenters. The highest BCUT2D eigenvalue weighted by Crippen LogP contribution is 2.32. The summed E-state index contributed by atoms with van der Waals surface area (Å²) in [5.74, 6) is 0.199. The topological polar surface area (TPSA) is 97.6 Å². The van der Waals surface area contributed by atoms with E-state index in [-0.39, 0.29) is 21.4 Å². The van der Waals surface area contributed by atoms with Gasteiger partial charge in [-0.3, -0.25) is 14.9 Å². The average Bonchev–Trinajstić information content (AvgIpc) is 2.67. The Morgan fingerprint density at radius 3 is 2.46 bits per heavy atom. The summed E-state index contributed by atoms with van der Waals surface area (Å²) in [6, 6.07) is 9.00.